The SMILES string of the molecule is CCOC(/C(=C(\F)C(F)(F)F)C(F)(F)F)(C(F)(F)F)C(F)(F)C(F)(F)F. The highest BCUT2D eigenvalue weighted by molar-refractivity contribution is 5.35. The summed E-state index contributed by atoms with van der Waals surface area (Å²) in [5.41, 5.74) is -12.0. The van der Waals surface area contributed by atoms with Crippen LogP contribution in [0.1, 0.15) is 6.92 Å². The van der Waals surface area contributed by atoms with Crippen LogP contribution in [0.25, 0.3) is 0 Å². The minimum atomic E-state index is -7.65. The summed E-state index contributed by atoms with van der Waals surface area (Å²) in [5, 5.41) is 0. The summed E-state index contributed by atoms with van der Waals surface area (Å²) in [6.45, 7) is -1.84. The molecule has 0 aliphatic heterocycles. The molecule has 16 heteroatoms. The highest BCUT2D eigenvalue weighted by atomic mass is 19.4. The molecule has 0 aromatic carbocycles. The van der Waals surface area contributed by atoms with Crippen molar-refractivity contribution in [2.45, 2.75) is 43.2 Å². The minimum Gasteiger partial charge on any atom is -0.356 e. The Labute approximate surface area is 133 Å². The van der Waals surface area contributed by atoms with Crippen LogP contribution in [0.15, 0.2) is 11.4 Å². The number of hydrogen-bond acceptors (Lipinski definition) is 1. The van der Waals surface area contributed by atoms with Crippen molar-refractivity contribution in [3.8, 4) is 0 Å². The Hall–Kier alpha value is -1.35. The van der Waals surface area contributed by atoms with Gasteiger partial charge in [-0.3, -0.25) is 0 Å². The standard InChI is InChI=1S/C10H5F15O/c1-2-26-5(9(20,21)22,8(18,19)10(23,24)25)3(6(12,13)14)4(11)7(15,16)17/h2H2,1H3/b4-3+. The first-order chi connectivity index (χ1) is 11.1. The molecule has 0 aromatic heterocycles. The largest absolute Gasteiger partial charge is 0.457 e. The molecule has 0 heterocycles. The number of hydrogen-bond donors (Lipinski definition) is 0. The van der Waals surface area contributed by atoms with Gasteiger partial charge in [-0.05, 0) is 6.92 Å². The molecule has 0 saturated carbocycles. The van der Waals surface area contributed by atoms with Crippen LogP contribution in [0.3, 0.4) is 0 Å². The van der Waals surface area contributed by atoms with Gasteiger partial charge in [0.25, 0.3) is 5.60 Å². The molecule has 0 saturated heterocycles. The van der Waals surface area contributed by atoms with Crippen LogP contribution >= 0.6 is 0 Å². The van der Waals surface area contributed by atoms with Crippen molar-refractivity contribution in [3.05, 3.63) is 11.4 Å². The molecule has 0 radical (unpaired) electrons. The lowest BCUT2D eigenvalue weighted by Crippen LogP contribution is -2.69. The van der Waals surface area contributed by atoms with E-state index in [1.807, 2.05) is 0 Å². The Kier molecular flexibility index (Phi) is 6.32. The normalized spacial score (nSPS) is 18.5. The average Bonchev–Trinajstić information content (AvgIpc) is 2.31. The van der Waals surface area contributed by atoms with Crippen LogP contribution in [-0.2, 0) is 4.74 Å². The Bertz CT molecular complexity index is 531. The molecule has 156 valence electrons. The van der Waals surface area contributed by atoms with E-state index in [1.54, 1.807) is 0 Å². The van der Waals surface area contributed by atoms with Crippen LogP contribution in [0.2, 0.25) is 0 Å². The van der Waals surface area contributed by atoms with Gasteiger partial charge in [0.1, 0.15) is 5.57 Å². The van der Waals surface area contributed by atoms with E-state index in [1.165, 1.54) is 0 Å². The van der Waals surface area contributed by atoms with E-state index >= 15 is 0 Å². The second kappa shape index (κ2) is 6.67. The highest BCUT2D eigenvalue weighted by Gasteiger charge is 2.85. The van der Waals surface area contributed by atoms with E-state index in [-0.39, 0.29) is 6.92 Å². The monoisotopic (exact) mass is 426 g/mol. The van der Waals surface area contributed by atoms with Gasteiger partial charge in [0.05, 0.1) is 0 Å². The van der Waals surface area contributed by atoms with Crippen LogP contribution in [0.5, 0.6) is 0 Å². The van der Waals surface area contributed by atoms with Gasteiger partial charge >= 0.3 is 30.6 Å². The lowest BCUT2D eigenvalue weighted by Gasteiger charge is -2.43. The van der Waals surface area contributed by atoms with Crippen molar-refractivity contribution in [1.82, 2.24) is 0 Å². The summed E-state index contributed by atoms with van der Waals surface area (Å²) >= 11 is 0. The third-order valence-corrected chi connectivity index (χ3v) is 2.66. The zero-order valence-electron chi connectivity index (χ0n) is 11.8. The smallest absolute Gasteiger partial charge is 0.356 e. The van der Waals surface area contributed by atoms with Crippen LogP contribution in [-0.4, -0.2) is 42.8 Å². The van der Waals surface area contributed by atoms with Gasteiger partial charge in [-0.25, -0.2) is 4.39 Å². The first kappa shape index (κ1) is 24.7. The molecule has 1 atom stereocenters. The second-order valence-electron chi connectivity index (χ2n) is 4.37. The van der Waals surface area contributed by atoms with Crippen LogP contribution < -0.4 is 0 Å². The van der Waals surface area contributed by atoms with E-state index in [0.717, 1.165) is 0 Å². The summed E-state index contributed by atoms with van der Waals surface area (Å²) in [6.07, 6.45) is -29.2. The van der Waals surface area contributed by atoms with Gasteiger partial charge in [0, 0.05) is 6.61 Å². The molecular weight excluding hydrogens is 421 g/mol. The van der Waals surface area contributed by atoms with Crippen molar-refractivity contribution in [2.24, 2.45) is 0 Å². The summed E-state index contributed by atoms with van der Waals surface area (Å²) < 4.78 is 193. The Morgan fingerprint density at radius 1 is 0.654 bits per heavy atom. The molecule has 1 unspecified atom stereocenters. The van der Waals surface area contributed by atoms with Gasteiger partial charge < -0.3 is 4.74 Å². The minimum absolute atomic E-state index is 0.173. The second-order valence-corrected chi connectivity index (χ2v) is 4.37. The highest BCUT2D eigenvalue weighted by Crippen LogP contribution is 2.60. The van der Waals surface area contributed by atoms with Gasteiger partial charge in [-0.2, -0.15) is 61.5 Å². The quantitative estimate of drug-likeness (QED) is 0.511. The maximum absolute atomic E-state index is 13.4. The molecular formula is C10H5F15O. The third-order valence-electron chi connectivity index (χ3n) is 2.66. The number of alkyl halides is 14. The zero-order chi connectivity index (χ0) is 21.6. The first-order valence-corrected chi connectivity index (χ1v) is 5.78. The first-order valence-electron chi connectivity index (χ1n) is 5.78. The van der Waals surface area contributed by atoms with Crippen LogP contribution in [0.4, 0.5) is 65.9 Å². The van der Waals surface area contributed by atoms with Crippen molar-refractivity contribution in [1.29, 1.82) is 0 Å². The number of rotatable bonds is 4. The summed E-state index contributed by atoms with van der Waals surface area (Å²) in [4.78, 5) is 0. The van der Waals surface area contributed by atoms with E-state index < -0.39 is 54.2 Å². The van der Waals surface area contributed by atoms with Gasteiger partial charge in [0.2, 0.25) is 5.83 Å². The predicted molar refractivity (Wildman–Crippen MR) is 51.7 cm³/mol. The van der Waals surface area contributed by atoms with Crippen molar-refractivity contribution in [2.75, 3.05) is 6.61 Å². The summed E-state index contributed by atoms with van der Waals surface area (Å²) in [7, 11) is 0. The lowest BCUT2D eigenvalue weighted by molar-refractivity contribution is -0.406. The predicted octanol–water partition coefficient (Wildman–Crippen LogP) is 5.87. The van der Waals surface area contributed by atoms with Gasteiger partial charge in [-0.1, -0.05) is 0 Å². The average molecular weight is 426 g/mol. The molecule has 0 aromatic rings. The van der Waals surface area contributed by atoms with E-state index in [0.29, 0.717) is 0 Å². The fourth-order valence-electron chi connectivity index (χ4n) is 1.76. The summed E-state index contributed by atoms with van der Waals surface area (Å²) in [6, 6.07) is 0. The van der Waals surface area contributed by atoms with E-state index in [4.69, 9.17) is 0 Å². The molecule has 0 N–H and O–H groups in total. The summed E-state index contributed by atoms with van der Waals surface area (Å²) in [5.74, 6) is -12.5. The van der Waals surface area contributed by atoms with Crippen molar-refractivity contribution >= 4 is 0 Å². The Balaban J connectivity index is 7.57. The molecule has 26 heavy (non-hydrogen) atoms. The van der Waals surface area contributed by atoms with E-state index in [9.17, 15) is 65.9 Å². The molecule has 0 aliphatic carbocycles. The molecule has 0 spiro atoms. The van der Waals surface area contributed by atoms with Crippen molar-refractivity contribution in [3.63, 3.8) is 0 Å². The number of halogens is 15. The molecule has 0 rings (SSSR count). The number of allylic oxidation sites excluding steroid dienone is 1. The fourth-order valence-corrected chi connectivity index (χ4v) is 1.76. The van der Waals surface area contributed by atoms with Crippen molar-refractivity contribution < 1.29 is 70.6 Å². The lowest BCUT2D eigenvalue weighted by atomic mass is 9.83. The van der Waals surface area contributed by atoms with Gasteiger partial charge in [-0.15, -0.1) is 0 Å². The van der Waals surface area contributed by atoms with Gasteiger partial charge in [0.15, 0.2) is 0 Å². The molecule has 0 bridgehead atoms. The Morgan fingerprint density at radius 3 is 1.23 bits per heavy atom. The fraction of sp³-hybridized carbons (Fsp3) is 0.800. The maximum atomic E-state index is 13.4. The molecule has 0 amide bonds. The number of ether oxygens (including phenoxy) is 1. The molecule has 1 nitrogen and oxygen atoms in total. The third kappa shape index (κ3) is 3.98. The molecule has 0 aliphatic rings. The van der Waals surface area contributed by atoms with Crippen LogP contribution in [0, 0.1) is 0 Å². The topological polar surface area (TPSA) is 9.23 Å². The Morgan fingerprint density at radius 2 is 1.04 bits per heavy atom. The zero-order valence-corrected chi connectivity index (χ0v) is 11.8. The maximum Gasteiger partial charge on any atom is 0.457 e. The van der Waals surface area contributed by atoms with E-state index in [2.05, 4.69) is 4.74 Å². The molecule has 0 fully saturated rings.